The van der Waals surface area contributed by atoms with E-state index in [2.05, 4.69) is 0 Å². The number of fused-ring (bicyclic) bond motifs is 2. The molecule has 0 radical (unpaired) electrons. The molecule has 0 saturated heterocycles. The molecule has 8 heteroatoms. The number of pyridine rings is 1. The Morgan fingerprint density at radius 1 is 0.974 bits per heavy atom. The van der Waals surface area contributed by atoms with Crippen LogP contribution in [0.1, 0.15) is 25.0 Å². The predicted molar refractivity (Wildman–Crippen MR) is 147 cm³/mol. The number of amides is 1. The molecule has 0 saturated carbocycles. The molecule has 0 unspecified atom stereocenters. The summed E-state index contributed by atoms with van der Waals surface area (Å²) < 4.78 is 22.3. The highest BCUT2D eigenvalue weighted by Gasteiger charge is 2.23. The van der Waals surface area contributed by atoms with Gasteiger partial charge in [0, 0.05) is 35.0 Å². The lowest BCUT2D eigenvalue weighted by Crippen LogP contribution is -2.33. The number of hydrogen-bond donors (Lipinski definition) is 0. The monoisotopic (exact) mass is 532 g/mol. The van der Waals surface area contributed by atoms with E-state index in [4.69, 9.17) is 35.5 Å². The van der Waals surface area contributed by atoms with Gasteiger partial charge < -0.3 is 23.8 Å². The highest BCUT2D eigenvalue weighted by atomic mass is 35.5. The quantitative estimate of drug-likeness (QED) is 0.258. The van der Waals surface area contributed by atoms with Crippen LogP contribution in [0, 0.1) is 5.92 Å². The van der Waals surface area contributed by atoms with Crippen molar-refractivity contribution in [2.24, 2.45) is 5.92 Å². The SMILES string of the molecule is COc1ccc(OC)c2nc(-c3cccc(Cl)c3)c(CN(Cc3ccc4c(c3)OCO4)C(=O)C(C)C)cc12. The number of nitrogens with zero attached hydrogens (tertiary/aromatic N) is 2. The van der Waals surface area contributed by atoms with Gasteiger partial charge in [-0.25, -0.2) is 4.98 Å². The van der Waals surface area contributed by atoms with Crippen molar-refractivity contribution in [3.63, 3.8) is 0 Å². The molecule has 196 valence electrons. The zero-order valence-corrected chi connectivity index (χ0v) is 22.5. The van der Waals surface area contributed by atoms with E-state index in [0.29, 0.717) is 46.6 Å². The van der Waals surface area contributed by atoms with Crippen molar-refractivity contribution in [2.45, 2.75) is 26.9 Å². The van der Waals surface area contributed by atoms with Crippen molar-refractivity contribution < 1.29 is 23.7 Å². The average molecular weight is 533 g/mol. The van der Waals surface area contributed by atoms with E-state index in [1.165, 1.54) is 0 Å². The predicted octanol–water partition coefficient (Wildman–Crippen LogP) is 6.49. The zero-order valence-electron chi connectivity index (χ0n) is 21.8. The summed E-state index contributed by atoms with van der Waals surface area (Å²) in [5.74, 6) is 2.52. The number of carbonyl (C=O) groups is 1. The molecule has 0 bridgehead atoms. The normalized spacial score (nSPS) is 12.2. The molecule has 0 N–H and O–H groups in total. The number of rotatable bonds is 8. The summed E-state index contributed by atoms with van der Waals surface area (Å²) in [5, 5.41) is 1.40. The number of aromatic nitrogens is 1. The topological polar surface area (TPSA) is 70.1 Å². The fourth-order valence-electron chi connectivity index (χ4n) is 4.64. The van der Waals surface area contributed by atoms with Gasteiger partial charge in [0.1, 0.15) is 17.0 Å². The maximum atomic E-state index is 13.5. The Hall–Kier alpha value is -3.97. The van der Waals surface area contributed by atoms with Crippen LogP contribution >= 0.6 is 11.6 Å². The summed E-state index contributed by atoms with van der Waals surface area (Å²) in [7, 11) is 3.24. The number of methoxy groups -OCH3 is 2. The van der Waals surface area contributed by atoms with Crippen molar-refractivity contribution >= 4 is 28.4 Å². The summed E-state index contributed by atoms with van der Waals surface area (Å²) >= 11 is 6.36. The van der Waals surface area contributed by atoms with E-state index in [-0.39, 0.29) is 18.6 Å². The maximum absolute atomic E-state index is 13.5. The maximum Gasteiger partial charge on any atom is 0.231 e. The Labute approximate surface area is 226 Å². The van der Waals surface area contributed by atoms with Crippen LogP contribution in [0.2, 0.25) is 5.02 Å². The molecule has 0 atom stereocenters. The first kappa shape index (κ1) is 25.7. The molecule has 7 nitrogen and oxygen atoms in total. The Balaban J connectivity index is 1.63. The second kappa shape index (κ2) is 10.8. The van der Waals surface area contributed by atoms with Crippen molar-refractivity contribution in [3.05, 3.63) is 76.8 Å². The number of halogens is 1. The van der Waals surface area contributed by atoms with Crippen LogP contribution in [0.4, 0.5) is 0 Å². The third-order valence-electron chi connectivity index (χ3n) is 6.50. The van der Waals surface area contributed by atoms with E-state index in [9.17, 15) is 4.79 Å². The zero-order chi connectivity index (χ0) is 26.8. The second-order valence-corrected chi connectivity index (χ2v) is 9.85. The molecule has 1 aliphatic heterocycles. The Bertz CT molecular complexity index is 1500. The molecule has 4 aromatic rings. The van der Waals surface area contributed by atoms with E-state index in [0.717, 1.165) is 27.8 Å². The molecule has 5 rings (SSSR count). The highest BCUT2D eigenvalue weighted by molar-refractivity contribution is 6.30. The summed E-state index contributed by atoms with van der Waals surface area (Å²) in [6.07, 6.45) is 0. The summed E-state index contributed by atoms with van der Waals surface area (Å²) in [6, 6.07) is 19.0. The minimum atomic E-state index is -0.193. The molecule has 0 fully saturated rings. The number of benzene rings is 3. The molecular weight excluding hydrogens is 504 g/mol. The van der Waals surface area contributed by atoms with Gasteiger partial charge in [-0.2, -0.15) is 0 Å². The largest absolute Gasteiger partial charge is 0.496 e. The van der Waals surface area contributed by atoms with Gasteiger partial charge in [-0.3, -0.25) is 4.79 Å². The van der Waals surface area contributed by atoms with Crippen molar-refractivity contribution in [1.82, 2.24) is 9.88 Å². The fraction of sp³-hybridized carbons (Fsp3) is 0.267. The lowest BCUT2D eigenvalue weighted by molar-refractivity contribution is -0.135. The summed E-state index contributed by atoms with van der Waals surface area (Å²) in [4.78, 5) is 20.3. The van der Waals surface area contributed by atoms with Crippen LogP contribution < -0.4 is 18.9 Å². The molecular formula is C30H29ClN2O5. The summed E-state index contributed by atoms with van der Waals surface area (Å²) in [5.41, 5.74) is 4.04. The molecule has 2 heterocycles. The van der Waals surface area contributed by atoms with Gasteiger partial charge >= 0.3 is 0 Å². The lowest BCUT2D eigenvalue weighted by Gasteiger charge is -2.26. The molecule has 1 aliphatic rings. The number of ether oxygens (including phenoxy) is 4. The van der Waals surface area contributed by atoms with Gasteiger partial charge in [-0.1, -0.05) is 43.6 Å². The fourth-order valence-corrected chi connectivity index (χ4v) is 4.83. The third kappa shape index (κ3) is 5.07. The minimum absolute atomic E-state index is 0.0254. The van der Waals surface area contributed by atoms with Gasteiger partial charge in [0.15, 0.2) is 11.5 Å². The smallest absolute Gasteiger partial charge is 0.231 e. The minimum Gasteiger partial charge on any atom is -0.496 e. The molecule has 1 aromatic heterocycles. The first-order valence-corrected chi connectivity index (χ1v) is 12.7. The highest BCUT2D eigenvalue weighted by Crippen LogP contribution is 2.37. The first-order valence-electron chi connectivity index (χ1n) is 12.4. The lowest BCUT2D eigenvalue weighted by atomic mass is 10.0. The third-order valence-corrected chi connectivity index (χ3v) is 6.74. The first-order chi connectivity index (χ1) is 18.4. The molecule has 3 aromatic carbocycles. The van der Waals surface area contributed by atoms with Crippen molar-refractivity contribution in [3.8, 4) is 34.3 Å². The van der Waals surface area contributed by atoms with Crippen LogP contribution in [0.25, 0.3) is 22.2 Å². The van der Waals surface area contributed by atoms with Gasteiger partial charge in [0.2, 0.25) is 12.7 Å². The number of carbonyl (C=O) groups excluding carboxylic acids is 1. The average Bonchev–Trinajstić information content (AvgIpc) is 3.39. The van der Waals surface area contributed by atoms with Crippen LogP contribution in [0.3, 0.4) is 0 Å². The Morgan fingerprint density at radius 3 is 2.47 bits per heavy atom. The molecule has 0 aliphatic carbocycles. The molecule has 0 spiro atoms. The van der Waals surface area contributed by atoms with Crippen LogP contribution in [-0.4, -0.2) is 36.8 Å². The van der Waals surface area contributed by atoms with Gasteiger partial charge in [0.05, 0.1) is 19.9 Å². The van der Waals surface area contributed by atoms with Crippen LogP contribution in [0.15, 0.2) is 60.7 Å². The Morgan fingerprint density at radius 2 is 1.74 bits per heavy atom. The molecule has 38 heavy (non-hydrogen) atoms. The van der Waals surface area contributed by atoms with Crippen molar-refractivity contribution in [1.29, 1.82) is 0 Å². The van der Waals surface area contributed by atoms with E-state index in [1.54, 1.807) is 14.2 Å². The van der Waals surface area contributed by atoms with E-state index in [1.807, 2.05) is 79.4 Å². The van der Waals surface area contributed by atoms with E-state index < -0.39 is 0 Å². The number of hydrogen-bond acceptors (Lipinski definition) is 6. The van der Waals surface area contributed by atoms with E-state index >= 15 is 0 Å². The molecule has 1 amide bonds. The van der Waals surface area contributed by atoms with Gasteiger partial charge in [0.25, 0.3) is 0 Å². The summed E-state index contributed by atoms with van der Waals surface area (Å²) in [6.45, 7) is 4.73. The Kier molecular flexibility index (Phi) is 7.29. The van der Waals surface area contributed by atoms with Gasteiger partial charge in [-0.15, -0.1) is 0 Å². The van der Waals surface area contributed by atoms with Crippen LogP contribution in [-0.2, 0) is 17.9 Å². The van der Waals surface area contributed by atoms with Gasteiger partial charge in [-0.05, 0) is 53.6 Å². The van der Waals surface area contributed by atoms with Crippen LogP contribution in [0.5, 0.6) is 23.0 Å². The standard InChI is InChI=1S/C30H29ClN2O5/c1-18(2)30(34)33(15-19-8-9-25-27(12-19)38-17-37-25)16-21-14-23-24(35-3)10-11-26(36-4)29(23)32-28(21)20-6-5-7-22(31)13-20/h5-14,18H,15-17H2,1-4H3. The second-order valence-electron chi connectivity index (χ2n) is 9.41. The van der Waals surface area contributed by atoms with Crippen molar-refractivity contribution in [2.75, 3.05) is 21.0 Å².